The summed E-state index contributed by atoms with van der Waals surface area (Å²) in [6.45, 7) is 2.89. The number of hydrogen-bond acceptors (Lipinski definition) is 6. The number of amides is 1. The van der Waals surface area contributed by atoms with Crippen LogP contribution in [0.5, 0.6) is 11.5 Å². The normalized spacial score (nSPS) is 14.5. The van der Waals surface area contributed by atoms with Gasteiger partial charge >= 0.3 is 5.97 Å². The molecule has 32 heavy (non-hydrogen) atoms. The highest BCUT2D eigenvalue weighted by Gasteiger charge is 2.27. The molecule has 0 atom stereocenters. The summed E-state index contributed by atoms with van der Waals surface area (Å²) in [4.78, 5) is 24.1. The van der Waals surface area contributed by atoms with E-state index in [4.69, 9.17) is 9.47 Å². The van der Waals surface area contributed by atoms with Gasteiger partial charge in [-0.1, -0.05) is 24.6 Å². The first kappa shape index (κ1) is 23.7. The number of ether oxygens (including phenoxy) is 2. The molecule has 2 aromatic carbocycles. The Balaban J connectivity index is 1.85. The maximum Gasteiger partial charge on any atom is 0.306 e. The predicted molar refractivity (Wildman–Crippen MR) is 120 cm³/mol. The summed E-state index contributed by atoms with van der Waals surface area (Å²) in [7, 11) is -3.69. The van der Waals surface area contributed by atoms with Gasteiger partial charge in [-0.2, -0.15) is 4.31 Å². The van der Waals surface area contributed by atoms with Crippen LogP contribution in [0.1, 0.15) is 39.0 Å². The first-order chi connectivity index (χ1) is 15.4. The van der Waals surface area contributed by atoms with E-state index < -0.39 is 21.9 Å². The number of piperidine rings is 1. The Hall–Kier alpha value is -2.91. The largest absolute Gasteiger partial charge is 0.466 e. The van der Waals surface area contributed by atoms with Gasteiger partial charge in [-0.25, -0.2) is 8.42 Å². The maximum absolute atomic E-state index is 13.1. The van der Waals surface area contributed by atoms with Gasteiger partial charge in [0.25, 0.3) is 0 Å². The molecule has 1 fully saturated rings. The molecule has 0 aromatic heterocycles. The lowest BCUT2D eigenvalue weighted by molar-refractivity contribution is -0.144. The first-order valence-corrected chi connectivity index (χ1v) is 12.2. The zero-order chi connectivity index (χ0) is 23.0. The molecule has 1 N–H and O–H groups in total. The molecule has 9 heteroatoms. The summed E-state index contributed by atoms with van der Waals surface area (Å²) < 4.78 is 38.4. The molecule has 0 saturated carbocycles. The van der Waals surface area contributed by atoms with Gasteiger partial charge in [0.15, 0.2) is 5.75 Å². The fourth-order valence-corrected chi connectivity index (χ4v) is 4.93. The number of nitrogens with zero attached hydrogens (tertiary/aromatic N) is 1. The second kappa shape index (κ2) is 11.1. The molecule has 0 unspecified atom stereocenters. The molecule has 3 rings (SSSR count). The van der Waals surface area contributed by atoms with Crippen molar-refractivity contribution in [2.45, 2.75) is 43.9 Å². The summed E-state index contributed by atoms with van der Waals surface area (Å²) in [6.07, 6.45) is 2.50. The van der Waals surface area contributed by atoms with Crippen LogP contribution in [0.3, 0.4) is 0 Å². The second-order valence-electron chi connectivity index (χ2n) is 7.39. The van der Waals surface area contributed by atoms with E-state index in [1.807, 2.05) is 18.2 Å². The molecule has 172 valence electrons. The number of para-hydroxylation sites is 1. The molecule has 1 aliphatic rings. The summed E-state index contributed by atoms with van der Waals surface area (Å²) in [5.74, 6) is -0.0623. The van der Waals surface area contributed by atoms with Gasteiger partial charge < -0.3 is 14.8 Å². The van der Waals surface area contributed by atoms with Crippen molar-refractivity contribution in [3.8, 4) is 11.5 Å². The molecule has 0 bridgehead atoms. The quantitative estimate of drug-likeness (QED) is 0.569. The van der Waals surface area contributed by atoms with E-state index in [9.17, 15) is 18.0 Å². The minimum absolute atomic E-state index is 0.0691. The summed E-state index contributed by atoms with van der Waals surface area (Å²) in [5.41, 5.74) is 0.223. The predicted octanol–water partition coefficient (Wildman–Crippen LogP) is 3.94. The molecule has 1 heterocycles. The third kappa shape index (κ3) is 6.30. The number of esters is 1. The van der Waals surface area contributed by atoms with Crippen LogP contribution in [0.15, 0.2) is 53.4 Å². The smallest absolute Gasteiger partial charge is 0.306 e. The molecule has 1 amide bonds. The van der Waals surface area contributed by atoms with Gasteiger partial charge in [-0.3, -0.25) is 9.59 Å². The van der Waals surface area contributed by atoms with Gasteiger partial charge in [0.05, 0.1) is 23.6 Å². The van der Waals surface area contributed by atoms with E-state index >= 15 is 0 Å². The third-order valence-electron chi connectivity index (χ3n) is 5.01. The Morgan fingerprint density at radius 1 is 1.00 bits per heavy atom. The van der Waals surface area contributed by atoms with Gasteiger partial charge in [-0.15, -0.1) is 0 Å². The molecular formula is C23H28N2O6S. The summed E-state index contributed by atoms with van der Waals surface area (Å²) >= 11 is 0. The van der Waals surface area contributed by atoms with Crippen molar-refractivity contribution in [1.29, 1.82) is 0 Å². The third-order valence-corrected chi connectivity index (χ3v) is 6.91. The minimum Gasteiger partial charge on any atom is -0.466 e. The lowest BCUT2D eigenvalue weighted by Crippen LogP contribution is -2.35. The monoisotopic (exact) mass is 460 g/mol. The van der Waals surface area contributed by atoms with Crippen molar-refractivity contribution in [3.05, 3.63) is 48.5 Å². The zero-order valence-corrected chi connectivity index (χ0v) is 18.9. The van der Waals surface area contributed by atoms with E-state index in [0.29, 0.717) is 24.6 Å². The number of anilines is 1. The number of sulfonamides is 1. The Morgan fingerprint density at radius 3 is 2.41 bits per heavy atom. The first-order valence-electron chi connectivity index (χ1n) is 10.7. The molecule has 0 aliphatic carbocycles. The van der Waals surface area contributed by atoms with Gasteiger partial charge in [0, 0.05) is 19.5 Å². The summed E-state index contributed by atoms with van der Waals surface area (Å²) in [6, 6.07) is 13.4. The number of nitrogens with one attached hydrogen (secondary N) is 1. The van der Waals surface area contributed by atoms with Crippen molar-refractivity contribution < 1.29 is 27.5 Å². The van der Waals surface area contributed by atoms with Crippen molar-refractivity contribution in [3.63, 3.8) is 0 Å². The van der Waals surface area contributed by atoms with Crippen molar-refractivity contribution in [2.24, 2.45) is 0 Å². The Bertz CT molecular complexity index is 1030. The van der Waals surface area contributed by atoms with Crippen LogP contribution in [0.4, 0.5) is 5.69 Å². The molecule has 2 aromatic rings. The molecule has 0 spiro atoms. The number of carbonyl (C=O) groups is 2. The fraction of sp³-hybridized carbons (Fsp3) is 0.391. The standard InChI is InChI=1S/C23H28N2O6S/c1-2-30-23(27)14-13-22(26)24-20-17-19(32(28,29)25-15-7-4-8-16-25)11-12-21(20)31-18-9-5-3-6-10-18/h3,5-6,9-12,17H,2,4,7-8,13-16H2,1H3,(H,24,26). The van der Waals surface area contributed by atoms with E-state index in [-0.39, 0.29) is 30.0 Å². The van der Waals surface area contributed by atoms with Gasteiger partial charge in [-0.05, 0) is 50.1 Å². The molecule has 0 radical (unpaired) electrons. The Labute approximate surface area is 188 Å². The van der Waals surface area contributed by atoms with E-state index in [1.54, 1.807) is 19.1 Å². The van der Waals surface area contributed by atoms with Crippen LogP contribution in [-0.2, 0) is 24.3 Å². The number of carbonyl (C=O) groups excluding carboxylic acids is 2. The second-order valence-corrected chi connectivity index (χ2v) is 9.33. The van der Waals surface area contributed by atoms with Crippen molar-refractivity contribution >= 4 is 27.6 Å². The van der Waals surface area contributed by atoms with Crippen LogP contribution < -0.4 is 10.1 Å². The molecular weight excluding hydrogens is 432 g/mol. The van der Waals surface area contributed by atoms with Crippen LogP contribution in [-0.4, -0.2) is 44.3 Å². The summed E-state index contributed by atoms with van der Waals surface area (Å²) in [5, 5.41) is 2.69. The van der Waals surface area contributed by atoms with Crippen molar-refractivity contribution in [1.82, 2.24) is 4.31 Å². The van der Waals surface area contributed by atoms with E-state index in [0.717, 1.165) is 19.3 Å². The topological polar surface area (TPSA) is 102 Å². The van der Waals surface area contributed by atoms with Crippen LogP contribution >= 0.6 is 0 Å². The average molecular weight is 461 g/mol. The van der Waals surface area contributed by atoms with Crippen molar-refractivity contribution in [2.75, 3.05) is 25.0 Å². The number of hydrogen-bond donors (Lipinski definition) is 1. The fourth-order valence-electron chi connectivity index (χ4n) is 3.39. The van der Waals surface area contributed by atoms with Crippen LogP contribution in [0.25, 0.3) is 0 Å². The highest BCUT2D eigenvalue weighted by molar-refractivity contribution is 7.89. The zero-order valence-electron chi connectivity index (χ0n) is 18.1. The average Bonchev–Trinajstić information content (AvgIpc) is 2.80. The van der Waals surface area contributed by atoms with Gasteiger partial charge in [0.2, 0.25) is 15.9 Å². The Morgan fingerprint density at radius 2 is 1.72 bits per heavy atom. The molecule has 1 saturated heterocycles. The number of benzene rings is 2. The SMILES string of the molecule is CCOC(=O)CCC(=O)Nc1cc(S(=O)(=O)N2CCCCC2)ccc1Oc1ccccc1. The lowest BCUT2D eigenvalue weighted by atomic mass is 10.2. The van der Waals surface area contributed by atoms with E-state index in [2.05, 4.69) is 5.32 Å². The lowest BCUT2D eigenvalue weighted by Gasteiger charge is -2.26. The van der Waals surface area contributed by atoms with E-state index in [1.165, 1.54) is 22.5 Å². The Kier molecular flexibility index (Phi) is 8.24. The highest BCUT2D eigenvalue weighted by Crippen LogP contribution is 2.33. The van der Waals surface area contributed by atoms with Gasteiger partial charge in [0.1, 0.15) is 5.75 Å². The maximum atomic E-state index is 13.1. The number of rotatable bonds is 9. The molecule has 1 aliphatic heterocycles. The van der Waals surface area contributed by atoms with Crippen LogP contribution in [0.2, 0.25) is 0 Å². The highest BCUT2D eigenvalue weighted by atomic mass is 32.2. The van der Waals surface area contributed by atoms with Crippen LogP contribution in [0, 0.1) is 0 Å². The molecule has 8 nitrogen and oxygen atoms in total. The minimum atomic E-state index is -3.69.